The average Bonchev–Trinajstić information content (AvgIpc) is 2.61. The number of nitro benzene ring substituents is 1. The zero-order valence-corrected chi connectivity index (χ0v) is 15.4. The molecule has 0 aromatic heterocycles. The molecule has 142 valence electrons. The topological polar surface area (TPSA) is 105 Å². The second kappa shape index (κ2) is 8.64. The van der Waals surface area contributed by atoms with Gasteiger partial charge in [0.2, 0.25) is 5.91 Å². The van der Waals surface area contributed by atoms with Crippen molar-refractivity contribution in [2.75, 3.05) is 24.5 Å². The second-order valence-electron chi connectivity index (χ2n) is 6.74. The van der Waals surface area contributed by atoms with E-state index in [0.717, 1.165) is 0 Å². The molecule has 0 spiro atoms. The highest BCUT2D eigenvalue weighted by Gasteiger charge is 2.28. The summed E-state index contributed by atoms with van der Waals surface area (Å²) in [5.41, 5.74) is 0.676. The minimum absolute atomic E-state index is 0.0438. The molecule has 0 aliphatic carbocycles. The van der Waals surface area contributed by atoms with Gasteiger partial charge in [-0.05, 0) is 45.7 Å². The zero-order chi connectivity index (χ0) is 19.3. The van der Waals surface area contributed by atoms with Gasteiger partial charge in [-0.1, -0.05) is 0 Å². The number of anilines is 1. The van der Waals surface area contributed by atoms with E-state index >= 15 is 0 Å². The van der Waals surface area contributed by atoms with Gasteiger partial charge in [0.1, 0.15) is 5.69 Å². The first kappa shape index (κ1) is 19.7. The Bertz CT molecular complexity index is 682. The summed E-state index contributed by atoms with van der Waals surface area (Å²) in [5.74, 6) is -0.340. The van der Waals surface area contributed by atoms with E-state index in [9.17, 15) is 19.7 Å². The molecule has 1 heterocycles. The van der Waals surface area contributed by atoms with E-state index < -0.39 is 4.92 Å². The van der Waals surface area contributed by atoms with Crippen LogP contribution in [0.15, 0.2) is 18.2 Å². The summed E-state index contributed by atoms with van der Waals surface area (Å²) >= 11 is 0. The van der Waals surface area contributed by atoms with Crippen LogP contribution in [0.2, 0.25) is 0 Å². The molecule has 8 heteroatoms. The Morgan fingerprint density at radius 2 is 1.96 bits per heavy atom. The van der Waals surface area contributed by atoms with Gasteiger partial charge in [0.25, 0.3) is 11.6 Å². The number of carbonyl (C=O) groups is 2. The molecule has 2 amide bonds. The molecule has 8 nitrogen and oxygen atoms in total. The van der Waals surface area contributed by atoms with E-state index in [-0.39, 0.29) is 35.0 Å². The Morgan fingerprint density at radius 3 is 2.50 bits per heavy atom. The fraction of sp³-hybridized carbons (Fsp3) is 0.556. The Balaban J connectivity index is 2.16. The lowest BCUT2D eigenvalue weighted by atomic mass is 9.95. The highest BCUT2D eigenvalue weighted by molar-refractivity contribution is 5.96. The minimum Gasteiger partial charge on any atom is -0.366 e. The maximum Gasteiger partial charge on any atom is 0.293 e. The largest absolute Gasteiger partial charge is 0.366 e. The monoisotopic (exact) mass is 362 g/mol. The quantitative estimate of drug-likeness (QED) is 0.595. The predicted molar refractivity (Wildman–Crippen MR) is 99.3 cm³/mol. The molecular weight excluding hydrogens is 336 g/mol. The Labute approximate surface area is 153 Å². The summed E-state index contributed by atoms with van der Waals surface area (Å²) in [4.78, 5) is 37.0. The third-order valence-corrected chi connectivity index (χ3v) is 4.41. The van der Waals surface area contributed by atoms with Gasteiger partial charge in [0, 0.05) is 43.2 Å². The average molecular weight is 362 g/mol. The maximum atomic E-state index is 12.1. The third kappa shape index (κ3) is 4.71. The van der Waals surface area contributed by atoms with Crippen molar-refractivity contribution in [3.05, 3.63) is 33.9 Å². The molecule has 2 N–H and O–H groups in total. The number of nitrogens with zero attached hydrogens (tertiary/aromatic N) is 2. The number of nitrogens with one attached hydrogen (secondary N) is 2. The summed E-state index contributed by atoms with van der Waals surface area (Å²) < 4.78 is 0. The lowest BCUT2D eigenvalue weighted by Gasteiger charge is -2.32. The standard InChI is InChI=1S/C18H26N4O4/c1-4-19-17(23)13-7-9-21(10-8-13)15-6-5-14(11-16(15)22(25)26)18(24)20-12(2)3/h5-6,11-13H,4,7-10H2,1-3H3,(H,19,23)(H,20,24). The Hall–Kier alpha value is -2.64. The van der Waals surface area contributed by atoms with Crippen LogP contribution in [0.1, 0.15) is 44.0 Å². The first-order chi connectivity index (χ1) is 12.3. The van der Waals surface area contributed by atoms with Crippen molar-refractivity contribution in [3.8, 4) is 0 Å². The minimum atomic E-state index is -0.461. The fourth-order valence-electron chi connectivity index (χ4n) is 3.12. The molecule has 1 aromatic rings. The van der Waals surface area contributed by atoms with Gasteiger partial charge in [-0.2, -0.15) is 0 Å². The summed E-state index contributed by atoms with van der Waals surface area (Å²) in [6, 6.07) is 4.51. The molecule has 1 aliphatic rings. The fourth-order valence-corrected chi connectivity index (χ4v) is 3.12. The maximum absolute atomic E-state index is 12.1. The van der Waals surface area contributed by atoms with Crippen LogP contribution in [-0.2, 0) is 4.79 Å². The Morgan fingerprint density at radius 1 is 1.31 bits per heavy atom. The van der Waals surface area contributed by atoms with Crippen LogP contribution >= 0.6 is 0 Å². The highest BCUT2D eigenvalue weighted by atomic mass is 16.6. The summed E-state index contributed by atoms with van der Waals surface area (Å²) in [7, 11) is 0. The Kier molecular flexibility index (Phi) is 6.54. The lowest BCUT2D eigenvalue weighted by molar-refractivity contribution is -0.384. The van der Waals surface area contributed by atoms with Gasteiger partial charge in [-0.15, -0.1) is 0 Å². The number of nitro groups is 1. The number of carbonyl (C=O) groups excluding carboxylic acids is 2. The molecule has 1 saturated heterocycles. The molecule has 0 unspecified atom stereocenters. The SMILES string of the molecule is CCNC(=O)C1CCN(c2ccc(C(=O)NC(C)C)cc2[N+](=O)[O-])CC1. The van der Waals surface area contributed by atoms with Crippen molar-refractivity contribution < 1.29 is 14.5 Å². The van der Waals surface area contributed by atoms with Crippen LogP contribution in [0, 0.1) is 16.0 Å². The third-order valence-electron chi connectivity index (χ3n) is 4.41. The number of rotatable bonds is 6. The van der Waals surface area contributed by atoms with Crippen LogP contribution in [0.25, 0.3) is 0 Å². The van der Waals surface area contributed by atoms with E-state index in [2.05, 4.69) is 10.6 Å². The first-order valence-corrected chi connectivity index (χ1v) is 8.95. The normalized spacial score (nSPS) is 15.0. The molecular formula is C18H26N4O4. The summed E-state index contributed by atoms with van der Waals surface area (Å²) in [6.45, 7) is 7.29. The molecule has 0 atom stereocenters. The zero-order valence-electron chi connectivity index (χ0n) is 15.4. The predicted octanol–water partition coefficient (Wildman–Crippen LogP) is 2.09. The van der Waals surface area contributed by atoms with Crippen LogP contribution in [0.5, 0.6) is 0 Å². The number of amides is 2. The van der Waals surface area contributed by atoms with Crippen LogP contribution < -0.4 is 15.5 Å². The van der Waals surface area contributed by atoms with Crippen molar-refractivity contribution >= 4 is 23.2 Å². The lowest BCUT2D eigenvalue weighted by Crippen LogP contribution is -2.40. The number of hydrogen-bond acceptors (Lipinski definition) is 5. The smallest absolute Gasteiger partial charge is 0.293 e. The number of piperidine rings is 1. The summed E-state index contributed by atoms with van der Waals surface area (Å²) in [5, 5.41) is 17.1. The van der Waals surface area contributed by atoms with E-state index in [1.54, 1.807) is 12.1 Å². The molecule has 0 bridgehead atoms. The molecule has 2 rings (SSSR count). The van der Waals surface area contributed by atoms with Crippen LogP contribution in [0.4, 0.5) is 11.4 Å². The highest BCUT2D eigenvalue weighted by Crippen LogP contribution is 2.32. The molecule has 26 heavy (non-hydrogen) atoms. The molecule has 1 fully saturated rings. The van der Waals surface area contributed by atoms with E-state index in [1.807, 2.05) is 25.7 Å². The van der Waals surface area contributed by atoms with Gasteiger partial charge in [-0.3, -0.25) is 19.7 Å². The second-order valence-corrected chi connectivity index (χ2v) is 6.74. The molecule has 0 saturated carbocycles. The van der Waals surface area contributed by atoms with Crippen molar-refractivity contribution in [2.24, 2.45) is 5.92 Å². The van der Waals surface area contributed by atoms with Gasteiger partial charge in [0.15, 0.2) is 0 Å². The van der Waals surface area contributed by atoms with Crippen LogP contribution in [0.3, 0.4) is 0 Å². The number of hydrogen-bond donors (Lipinski definition) is 2. The molecule has 0 radical (unpaired) electrons. The molecule has 1 aliphatic heterocycles. The van der Waals surface area contributed by atoms with Crippen molar-refractivity contribution in [1.29, 1.82) is 0 Å². The van der Waals surface area contributed by atoms with Gasteiger partial charge in [-0.25, -0.2) is 0 Å². The van der Waals surface area contributed by atoms with Gasteiger partial charge >= 0.3 is 0 Å². The van der Waals surface area contributed by atoms with E-state index in [4.69, 9.17) is 0 Å². The molecule has 1 aromatic carbocycles. The van der Waals surface area contributed by atoms with E-state index in [0.29, 0.717) is 38.2 Å². The van der Waals surface area contributed by atoms with Gasteiger partial charge in [0.05, 0.1) is 4.92 Å². The first-order valence-electron chi connectivity index (χ1n) is 8.95. The van der Waals surface area contributed by atoms with Crippen molar-refractivity contribution in [1.82, 2.24) is 10.6 Å². The van der Waals surface area contributed by atoms with Crippen molar-refractivity contribution in [3.63, 3.8) is 0 Å². The summed E-state index contributed by atoms with van der Waals surface area (Å²) in [6.07, 6.45) is 1.30. The van der Waals surface area contributed by atoms with Crippen molar-refractivity contribution in [2.45, 2.75) is 39.7 Å². The number of benzene rings is 1. The van der Waals surface area contributed by atoms with Crippen LogP contribution in [-0.4, -0.2) is 42.4 Å². The van der Waals surface area contributed by atoms with E-state index in [1.165, 1.54) is 6.07 Å². The van der Waals surface area contributed by atoms with Gasteiger partial charge < -0.3 is 15.5 Å².